The molecule has 8 heteroatoms. The number of carbonyl (C=O) groups is 4. The lowest BCUT2D eigenvalue weighted by Gasteiger charge is -2.18. The van der Waals surface area contributed by atoms with Gasteiger partial charge in [0.25, 0.3) is 11.8 Å². The number of esters is 2. The average molecular weight is 380 g/mol. The molecule has 0 aliphatic carbocycles. The number of methoxy groups -OCH3 is 2. The molecule has 0 atom stereocenters. The number of nitrogens with one attached hydrogen (secondary N) is 1. The third-order valence-corrected chi connectivity index (χ3v) is 4.07. The minimum absolute atomic E-state index is 0.0407. The molecular formula is C20H16N2O6. The van der Waals surface area contributed by atoms with E-state index in [-0.39, 0.29) is 22.5 Å². The van der Waals surface area contributed by atoms with Gasteiger partial charge in [-0.25, -0.2) is 14.5 Å². The zero-order valence-corrected chi connectivity index (χ0v) is 15.1. The van der Waals surface area contributed by atoms with Crippen LogP contribution in [0.5, 0.6) is 0 Å². The van der Waals surface area contributed by atoms with Crippen molar-refractivity contribution in [3.05, 3.63) is 71.4 Å². The smallest absolute Gasteiger partial charge is 0.339 e. The maximum atomic E-state index is 12.8. The molecule has 1 heterocycles. The van der Waals surface area contributed by atoms with Crippen molar-refractivity contribution >= 4 is 35.1 Å². The number of nitrogens with zero attached hydrogens (tertiary/aromatic N) is 1. The maximum Gasteiger partial charge on any atom is 0.339 e. The average Bonchev–Trinajstić information content (AvgIpc) is 3.00. The van der Waals surface area contributed by atoms with Crippen LogP contribution >= 0.6 is 0 Å². The highest BCUT2D eigenvalue weighted by atomic mass is 16.5. The second-order valence-electron chi connectivity index (χ2n) is 5.71. The van der Waals surface area contributed by atoms with Gasteiger partial charge in [0.15, 0.2) is 0 Å². The summed E-state index contributed by atoms with van der Waals surface area (Å²) in [6.07, 6.45) is 1.10. The van der Waals surface area contributed by atoms with E-state index < -0.39 is 23.8 Å². The third kappa shape index (κ3) is 3.35. The van der Waals surface area contributed by atoms with Crippen molar-refractivity contribution in [2.24, 2.45) is 0 Å². The molecule has 2 aromatic carbocycles. The van der Waals surface area contributed by atoms with Crippen LogP contribution in [0.3, 0.4) is 0 Å². The molecule has 0 unspecified atom stereocenters. The number of anilines is 2. The molecule has 8 nitrogen and oxygen atoms in total. The Bertz CT molecular complexity index is 1010. The highest BCUT2D eigenvalue weighted by Crippen LogP contribution is 2.28. The number of carbonyl (C=O) groups excluding carboxylic acids is 4. The topological polar surface area (TPSA) is 102 Å². The molecule has 3 rings (SSSR count). The fourth-order valence-electron chi connectivity index (χ4n) is 2.76. The highest BCUT2D eigenvalue weighted by Gasteiger charge is 2.35. The second-order valence-corrected chi connectivity index (χ2v) is 5.71. The number of para-hydroxylation sites is 2. The molecule has 28 heavy (non-hydrogen) atoms. The quantitative estimate of drug-likeness (QED) is 0.626. The Balaban J connectivity index is 1.93. The van der Waals surface area contributed by atoms with Gasteiger partial charge >= 0.3 is 11.9 Å². The normalized spacial score (nSPS) is 13.2. The predicted molar refractivity (Wildman–Crippen MR) is 99.8 cm³/mol. The Hall–Kier alpha value is -3.94. The Morgan fingerprint density at radius 1 is 0.857 bits per heavy atom. The molecule has 0 spiro atoms. The summed E-state index contributed by atoms with van der Waals surface area (Å²) in [6.45, 7) is 0. The molecule has 1 aliphatic heterocycles. The maximum absolute atomic E-state index is 12.8. The van der Waals surface area contributed by atoms with E-state index >= 15 is 0 Å². The number of hydrogen-bond donors (Lipinski definition) is 1. The van der Waals surface area contributed by atoms with E-state index in [0.29, 0.717) is 5.69 Å². The lowest BCUT2D eigenvalue weighted by molar-refractivity contribution is -0.120. The van der Waals surface area contributed by atoms with Gasteiger partial charge in [-0.05, 0) is 24.3 Å². The SMILES string of the molecule is COC(=O)c1ccccc1NC1=CC(=O)N(c2ccccc2C(=O)OC)C1=O. The first-order chi connectivity index (χ1) is 13.5. The van der Waals surface area contributed by atoms with Crippen LogP contribution in [0.4, 0.5) is 11.4 Å². The summed E-state index contributed by atoms with van der Waals surface area (Å²) < 4.78 is 9.43. The van der Waals surface area contributed by atoms with Gasteiger partial charge in [0, 0.05) is 6.08 Å². The molecule has 2 amide bonds. The lowest BCUT2D eigenvalue weighted by Crippen LogP contribution is -2.33. The van der Waals surface area contributed by atoms with E-state index in [2.05, 4.69) is 5.32 Å². The van der Waals surface area contributed by atoms with Crippen molar-refractivity contribution in [1.29, 1.82) is 0 Å². The van der Waals surface area contributed by atoms with Gasteiger partial charge in [0.05, 0.1) is 36.7 Å². The lowest BCUT2D eigenvalue weighted by atomic mass is 10.1. The molecule has 2 aromatic rings. The van der Waals surface area contributed by atoms with E-state index in [1.54, 1.807) is 30.3 Å². The first-order valence-corrected chi connectivity index (χ1v) is 8.19. The van der Waals surface area contributed by atoms with Crippen LogP contribution in [-0.4, -0.2) is 38.0 Å². The summed E-state index contributed by atoms with van der Waals surface area (Å²) in [5.74, 6) is -2.55. The molecule has 0 saturated carbocycles. The predicted octanol–water partition coefficient (Wildman–Crippen LogP) is 2.13. The van der Waals surface area contributed by atoms with Crippen LogP contribution < -0.4 is 10.2 Å². The zero-order valence-electron chi connectivity index (χ0n) is 15.1. The van der Waals surface area contributed by atoms with Gasteiger partial charge < -0.3 is 14.8 Å². The summed E-state index contributed by atoms with van der Waals surface area (Å²) in [4.78, 5) is 50.1. The van der Waals surface area contributed by atoms with Crippen molar-refractivity contribution in [2.75, 3.05) is 24.4 Å². The zero-order chi connectivity index (χ0) is 20.3. The van der Waals surface area contributed by atoms with Crippen molar-refractivity contribution in [1.82, 2.24) is 0 Å². The van der Waals surface area contributed by atoms with Crippen LogP contribution in [0, 0.1) is 0 Å². The first-order valence-electron chi connectivity index (χ1n) is 8.19. The largest absolute Gasteiger partial charge is 0.465 e. The number of benzene rings is 2. The molecule has 0 radical (unpaired) electrons. The summed E-state index contributed by atoms with van der Waals surface area (Å²) in [7, 11) is 2.45. The van der Waals surface area contributed by atoms with Crippen LogP contribution in [0.25, 0.3) is 0 Å². The van der Waals surface area contributed by atoms with Gasteiger partial charge in [-0.1, -0.05) is 24.3 Å². The summed E-state index contributed by atoms with van der Waals surface area (Å²) in [5.41, 5.74) is 0.667. The number of ether oxygens (including phenoxy) is 2. The molecular weight excluding hydrogens is 364 g/mol. The molecule has 1 aliphatic rings. The van der Waals surface area contributed by atoms with Crippen LogP contribution in [0.2, 0.25) is 0 Å². The van der Waals surface area contributed by atoms with Crippen molar-refractivity contribution < 1.29 is 28.7 Å². The van der Waals surface area contributed by atoms with Crippen molar-refractivity contribution in [3.8, 4) is 0 Å². The Kier molecular flexibility index (Phi) is 5.21. The Morgan fingerprint density at radius 3 is 2.11 bits per heavy atom. The monoisotopic (exact) mass is 380 g/mol. The fourth-order valence-corrected chi connectivity index (χ4v) is 2.76. The van der Waals surface area contributed by atoms with E-state index in [1.807, 2.05) is 0 Å². The van der Waals surface area contributed by atoms with Crippen LogP contribution in [0.15, 0.2) is 60.3 Å². The van der Waals surface area contributed by atoms with Crippen molar-refractivity contribution in [3.63, 3.8) is 0 Å². The summed E-state index contributed by atoms with van der Waals surface area (Å²) in [6, 6.07) is 12.5. The van der Waals surface area contributed by atoms with Crippen LogP contribution in [-0.2, 0) is 19.1 Å². The van der Waals surface area contributed by atoms with E-state index in [9.17, 15) is 19.2 Å². The second kappa shape index (κ2) is 7.75. The molecule has 0 aromatic heterocycles. The minimum Gasteiger partial charge on any atom is -0.465 e. The van der Waals surface area contributed by atoms with Gasteiger partial charge in [-0.2, -0.15) is 0 Å². The van der Waals surface area contributed by atoms with Gasteiger partial charge in [-0.15, -0.1) is 0 Å². The van der Waals surface area contributed by atoms with Crippen LogP contribution in [0.1, 0.15) is 20.7 Å². The van der Waals surface area contributed by atoms with Gasteiger partial charge in [0.2, 0.25) is 0 Å². The van der Waals surface area contributed by atoms with Gasteiger partial charge in [-0.3, -0.25) is 9.59 Å². The van der Waals surface area contributed by atoms with E-state index in [0.717, 1.165) is 11.0 Å². The molecule has 1 N–H and O–H groups in total. The number of amides is 2. The Morgan fingerprint density at radius 2 is 1.43 bits per heavy atom. The number of imide groups is 1. The van der Waals surface area contributed by atoms with Gasteiger partial charge in [0.1, 0.15) is 5.70 Å². The molecule has 0 fully saturated rings. The number of rotatable bonds is 5. The minimum atomic E-state index is -0.673. The van der Waals surface area contributed by atoms with E-state index in [4.69, 9.17) is 9.47 Å². The standard InChI is InChI=1S/C20H16N2O6/c1-27-19(25)12-7-3-5-9-14(12)21-15-11-17(23)22(18(15)24)16-10-6-4-8-13(16)20(26)28-2/h3-11,21H,1-2H3. The third-order valence-electron chi connectivity index (χ3n) is 4.07. The molecule has 142 valence electrons. The number of hydrogen-bond acceptors (Lipinski definition) is 7. The van der Waals surface area contributed by atoms with Crippen molar-refractivity contribution in [2.45, 2.75) is 0 Å². The highest BCUT2D eigenvalue weighted by molar-refractivity contribution is 6.32. The first kappa shape index (κ1) is 18.8. The summed E-state index contributed by atoms with van der Waals surface area (Å²) >= 11 is 0. The van der Waals surface area contributed by atoms with E-state index in [1.165, 1.54) is 32.4 Å². The fraction of sp³-hybridized carbons (Fsp3) is 0.100. The molecule has 0 saturated heterocycles. The summed E-state index contributed by atoms with van der Waals surface area (Å²) in [5, 5.41) is 2.80. The Labute approximate surface area is 160 Å². The molecule has 0 bridgehead atoms.